The molecule has 0 amide bonds. The smallest absolute Gasteiger partial charge is 0.201 e. The summed E-state index contributed by atoms with van der Waals surface area (Å²) in [6.45, 7) is 0.180. The van der Waals surface area contributed by atoms with Crippen LogP contribution in [0.5, 0.6) is 5.75 Å². The molecule has 1 aromatic carbocycles. The average Bonchev–Trinajstić information content (AvgIpc) is 2.99. The fourth-order valence-electron chi connectivity index (χ4n) is 1.94. The van der Waals surface area contributed by atoms with Crippen LogP contribution >= 0.6 is 0 Å². The quantitative estimate of drug-likeness (QED) is 0.656. The summed E-state index contributed by atoms with van der Waals surface area (Å²) in [4.78, 5) is 11.9. The van der Waals surface area contributed by atoms with Crippen molar-refractivity contribution in [2.75, 3.05) is 6.61 Å². The van der Waals surface area contributed by atoms with Crippen LogP contribution in [0.2, 0.25) is 0 Å². The first-order valence-corrected chi connectivity index (χ1v) is 4.80. The molecule has 0 atom stereocenters. The first-order valence-electron chi connectivity index (χ1n) is 4.80. The normalized spacial score (nSPS) is 21.1. The van der Waals surface area contributed by atoms with Crippen LogP contribution in [0.4, 0.5) is 8.78 Å². The maximum atomic E-state index is 13.3. The molecular formula is C11H8F2O2. The van der Waals surface area contributed by atoms with E-state index in [1.54, 1.807) is 0 Å². The van der Waals surface area contributed by atoms with E-state index in [1.807, 2.05) is 0 Å². The third-order valence-electron chi connectivity index (χ3n) is 3.12. The SMILES string of the molecule is O=C1c2ccc(F)c(F)c2OCC12CC2. The van der Waals surface area contributed by atoms with Gasteiger partial charge in [-0.15, -0.1) is 0 Å². The second kappa shape index (κ2) is 2.56. The molecule has 1 heterocycles. The van der Waals surface area contributed by atoms with Gasteiger partial charge in [-0.05, 0) is 25.0 Å². The average molecular weight is 210 g/mol. The number of rotatable bonds is 0. The minimum Gasteiger partial charge on any atom is -0.489 e. The number of carbonyl (C=O) groups excluding carboxylic acids is 1. The van der Waals surface area contributed by atoms with E-state index < -0.39 is 17.0 Å². The Kier molecular flexibility index (Phi) is 1.51. The molecule has 1 aliphatic heterocycles. The van der Waals surface area contributed by atoms with Crippen LogP contribution in [0, 0.1) is 17.0 Å². The van der Waals surface area contributed by atoms with Crippen molar-refractivity contribution in [1.82, 2.24) is 0 Å². The molecule has 1 saturated carbocycles. The van der Waals surface area contributed by atoms with E-state index in [0.717, 1.165) is 18.9 Å². The Balaban J connectivity index is 2.17. The minimum absolute atomic E-state index is 0.109. The van der Waals surface area contributed by atoms with Crippen LogP contribution in [0.15, 0.2) is 12.1 Å². The molecule has 15 heavy (non-hydrogen) atoms. The third kappa shape index (κ3) is 1.05. The van der Waals surface area contributed by atoms with Crippen molar-refractivity contribution in [3.05, 3.63) is 29.3 Å². The molecule has 1 spiro atoms. The van der Waals surface area contributed by atoms with Crippen LogP contribution in [-0.4, -0.2) is 12.4 Å². The van der Waals surface area contributed by atoms with Gasteiger partial charge in [-0.2, -0.15) is 4.39 Å². The summed E-state index contributed by atoms with van der Waals surface area (Å²) < 4.78 is 31.3. The van der Waals surface area contributed by atoms with Crippen LogP contribution in [0.1, 0.15) is 23.2 Å². The Morgan fingerprint density at radius 2 is 2.00 bits per heavy atom. The van der Waals surface area contributed by atoms with Crippen molar-refractivity contribution in [3.63, 3.8) is 0 Å². The summed E-state index contributed by atoms with van der Waals surface area (Å²) in [6, 6.07) is 2.27. The summed E-state index contributed by atoms with van der Waals surface area (Å²) in [5.74, 6) is -2.37. The molecule has 0 bridgehead atoms. The Hall–Kier alpha value is -1.45. The van der Waals surface area contributed by atoms with Crippen LogP contribution < -0.4 is 4.74 Å². The lowest BCUT2D eigenvalue weighted by molar-refractivity contribution is 0.0790. The van der Waals surface area contributed by atoms with Crippen molar-refractivity contribution in [3.8, 4) is 5.75 Å². The van der Waals surface area contributed by atoms with Gasteiger partial charge in [0.2, 0.25) is 5.82 Å². The predicted octanol–water partition coefficient (Wildman–Crippen LogP) is 2.32. The summed E-state index contributed by atoms with van der Waals surface area (Å²) in [6.07, 6.45) is 1.56. The number of Topliss-reactive ketones (excluding diaryl/α,β-unsaturated/α-hetero) is 1. The fraction of sp³-hybridized carbons (Fsp3) is 0.364. The first kappa shape index (κ1) is 8.83. The maximum Gasteiger partial charge on any atom is 0.201 e. The van der Waals surface area contributed by atoms with Crippen LogP contribution in [0.25, 0.3) is 0 Å². The molecule has 3 rings (SSSR count). The van der Waals surface area contributed by atoms with Gasteiger partial charge < -0.3 is 4.74 Å². The lowest BCUT2D eigenvalue weighted by Crippen LogP contribution is -2.30. The zero-order valence-electron chi connectivity index (χ0n) is 7.85. The van der Waals surface area contributed by atoms with E-state index in [0.29, 0.717) is 0 Å². The zero-order valence-corrected chi connectivity index (χ0v) is 7.85. The van der Waals surface area contributed by atoms with Gasteiger partial charge in [0, 0.05) is 0 Å². The summed E-state index contributed by atoms with van der Waals surface area (Å²) >= 11 is 0. The second-order valence-corrected chi connectivity index (χ2v) is 4.14. The van der Waals surface area contributed by atoms with Crippen LogP contribution in [0.3, 0.4) is 0 Å². The number of hydrogen-bond acceptors (Lipinski definition) is 2. The highest BCUT2D eigenvalue weighted by molar-refractivity contribution is 6.05. The Morgan fingerprint density at radius 3 is 2.67 bits per heavy atom. The van der Waals surface area contributed by atoms with Gasteiger partial charge in [-0.25, -0.2) is 4.39 Å². The highest BCUT2D eigenvalue weighted by Crippen LogP contribution is 2.52. The second-order valence-electron chi connectivity index (χ2n) is 4.14. The van der Waals surface area contributed by atoms with Gasteiger partial charge in [0.05, 0.1) is 11.0 Å². The molecule has 2 aliphatic rings. The number of halogens is 2. The van der Waals surface area contributed by atoms with Gasteiger partial charge in [0.15, 0.2) is 17.3 Å². The molecule has 4 heteroatoms. The number of hydrogen-bond donors (Lipinski definition) is 0. The van der Waals surface area contributed by atoms with Crippen molar-refractivity contribution in [1.29, 1.82) is 0 Å². The molecule has 0 saturated heterocycles. The van der Waals surface area contributed by atoms with E-state index in [2.05, 4.69) is 0 Å². The van der Waals surface area contributed by atoms with Gasteiger partial charge >= 0.3 is 0 Å². The number of ketones is 1. The van der Waals surface area contributed by atoms with Gasteiger partial charge in [-0.1, -0.05) is 0 Å². The van der Waals surface area contributed by atoms with Crippen LogP contribution in [-0.2, 0) is 0 Å². The largest absolute Gasteiger partial charge is 0.489 e. The van der Waals surface area contributed by atoms with E-state index in [1.165, 1.54) is 6.07 Å². The molecule has 1 fully saturated rings. The van der Waals surface area contributed by atoms with Crippen molar-refractivity contribution >= 4 is 5.78 Å². The zero-order chi connectivity index (χ0) is 10.6. The van der Waals surface area contributed by atoms with Gasteiger partial charge in [-0.3, -0.25) is 4.79 Å². The summed E-state index contributed by atoms with van der Waals surface area (Å²) in [5, 5.41) is 0. The van der Waals surface area contributed by atoms with Crippen molar-refractivity contribution in [2.45, 2.75) is 12.8 Å². The minimum atomic E-state index is -1.06. The van der Waals surface area contributed by atoms with E-state index in [4.69, 9.17) is 4.74 Å². The highest BCUT2D eigenvalue weighted by Gasteiger charge is 2.54. The molecule has 0 radical (unpaired) electrons. The molecule has 1 aliphatic carbocycles. The standard InChI is InChI=1S/C11H8F2O2/c12-7-2-1-6-9(8(7)13)15-5-11(3-4-11)10(6)14/h1-2H,3-5H2. The van der Waals surface area contributed by atoms with E-state index in [9.17, 15) is 13.6 Å². The fourth-order valence-corrected chi connectivity index (χ4v) is 1.94. The monoisotopic (exact) mass is 210 g/mol. The van der Waals surface area contributed by atoms with E-state index in [-0.39, 0.29) is 23.7 Å². The summed E-state index contributed by atoms with van der Waals surface area (Å²) in [7, 11) is 0. The van der Waals surface area contributed by atoms with Gasteiger partial charge in [0.25, 0.3) is 0 Å². The predicted molar refractivity (Wildman–Crippen MR) is 47.9 cm³/mol. The first-order chi connectivity index (χ1) is 7.14. The van der Waals surface area contributed by atoms with Crippen molar-refractivity contribution in [2.24, 2.45) is 5.41 Å². The Bertz CT molecular complexity index is 464. The van der Waals surface area contributed by atoms with Gasteiger partial charge in [0.1, 0.15) is 6.61 Å². The van der Waals surface area contributed by atoms with Crippen molar-refractivity contribution < 1.29 is 18.3 Å². The lowest BCUT2D eigenvalue weighted by Gasteiger charge is -2.23. The Labute approximate surface area is 84.9 Å². The molecule has 0 unspecified atom stereocenters. The third-order valence-corrected chi connectivity index (χ3v) is 3.12. The topological polar surface area (TPSA) is 26.3 Å². The Morgan fingerprint density at radius 1 is 1.27 bits per heavy atom. The molecule has 78 valence electrons. The van der Waals surface area contributed by atoms with E-state index >= 15 is 0 Å². The molecular weight excluding hydrogens is 202 g/mol. The number of benzene rings is 1. The highest BCUT2D eigenvalue weighted by atomic mass is 19.2. The molecule has 0 aromatic heterocycles. The number of fused-ring (bicyclic) bond motifs is 1. The maximum absolute atomic E-state index is 13.3. The summed E-state index contributed by atoms with van der Waals surface area (Å²) in [5.41, 5.74) is -0.255. The number of carbonyl (C=O) groups is 1. The molecule has 1 aromatic rings. The molecule has 0 N–H and O–H groups in total. The molecule has 2 nitrogen and oxygen atoms in total. The number of ether oxygens (including phenoxy) is 1. The lowest BCUT2D eigenvalue weighted by atomic mass is 9.92.